The van der Waals surface area contributed by atoms with Gasteiger partial charge in [-0.3, -0.25) is 9.69 Å². The Balaban J connectivity index is 2.03. The van der Waals surface area contributed by atoms with Gasteiger partial charge in [-0.25, -0.2) is 0 Å². The second-order valence-electron chi connectivity index (χ2n) is 4.55. The second-order valence-corrected chi connectivity index (χ2v) is 4.55. The number of benzene rings is 1. The molecule has 0 saturated carbocycles. The van der Waals surface area contributed by atoms with E-state index in [-0.39, 0.29) is 11.8 Å². The summed E-state index contributed by atoms with van der Waals surface area (Å²) >= 11 is 0. The molecule has 3 nitrogen and oxygen atoms in total. The molecule has 3 heteroatoms. The Morgan fingerprint density at radius 2 is 2.00 bits per heavy atom. The van der Waals surface area contributed by atoms with Crippen LogP contribution in [0, 0.1) is 0 Å². The van der Waals surface area contributed by atoms with Crippen molar-refractivity contribution in [3.8, 4) is 0 Å². The maximum Gasteiger partial charge on any atom is 0.179 e. The van der Waals surface area contributed by atoms with Crippen molar-refractivity contribution in [2.75, 3.05) is 26.2 Å². The van der Waals surface area contributed by atoms with Crippen LogP contribution in [0.15, 0.2) is 30.3 Å². The van der Waals surface area contributed by atoms with Crippen LogP contribution in [-0.4, -0.2) is 42.9 Å². The molecular formula is C14H20N2O. The van der Waals surface area contributed by atoms with Crippen LogP contribution in [-0.2, 0) is 0 Å². The van der Waals surface area contributed by atoms with Gasteiger partial charge >= 0.3 is 0 Å². The molecule has 1 unspecified atom stereocenters. The van der Waals surface area contributed by atoms with E-state index in [0.717, 1.165) is 38.2 Å². The van der Waals surface area contributed by atoms with Crippen LogP contribution in [0.25, 0.3) is 0 Å². The Morgan fingerprint density at radius 3 is 2.76 bits per heavy atom. The van der Waals surface area contributed by atoms with Crippen molar-refractivity contribution in [2.24, 2.45) is 0 Å². The predicted molar refractivity (Wildman–Crippen MR) is 69.3 cm³/mol. The van der Waals surface area contributed by atoms with Crippen molar-refractivity contribution < 1.29 is 4.79 Å². The van der Waals surface area contributed by atoms with Crippen LogP contribution in [0.4, 0.5) is 0 Å². The van der Waals surface area contributed by atoms with E-state index in [4.69, 9.17) is 0 Å². The lowest BCUT2D eigenvalue weighted by atomic mass is 10.0. The number of nitrogens with one attached hydrogen (secondary N) is 1. The highest BCUT2D eigenvalue weighted by Gasteiger charge is 2.22. The van der Waals surface area contributed by atoms with Gasteiger partial charge in [-0.15, -0.1) is 0 Å². The summed E-state index contributed by atoms with van der Waals surface area (Å²) in [7, 11) is 0. The van der Waals surface area contributed by atoms with Gasteiger partial charge in [-0.05, 0) is 19.9 Å². The SMILES string of the molecule is CC(C(=O)c1ccccc1)N1CCCNCC1. The molecule has 1 aromatic carbocycles. The smallest absolute Gasteiger partial charge is 0.179 e. The van der Waals surface area contributed by atoms with Crippen LogP contribution in [0.5, 0.6) is 0 Å². The molecule has 1 atom stereocenters. The average molecular weight is 232 g/mol. The lowest BCUT2D eigenvalue weighted by Crippen LogP contribution is -2.41. The first-order valence-electron chi connectivity index (χ1n) is 6.33. The van der Waals surface area contributed by atoms with Crippen molar-refractivity contribution >= 4 is 5.78 Å². The maximum atomic E-state index is 12.3. The van der Waals surface area contributed by atoms with Gasteiger partial charge in [0.25, 0.3) is 0 Å². The predicted octanol–water partition coefficient (Wildman–Crippen LogP) is 1.55. The highest BCUT2D eigenvalue weighted by atomic mass is 16.1. The third-order valence-electron chi connectivity index (χ3n) is 3.36. The summed E-state index contributed by atoms with van der Waals surface area (Å²) in [4.78, 5) is 14.6. The Labute approximate surface area is 103 Å². The fourth-order valence-corrected chi connectivity index (χ4v) is 2.26. The monoisotopic (exact) mass is 232 g/mol. The van der Waals surface area contributed by atoms with Crippen molar-refractivity contribution in [2.45, 2.75) is 19.4 Å². The quantitative estimate of drug-likeness (QED) is 0.803. The molecule has 1 N–H and O–H groups in total. The molecule has 1 heterocycles. The fourth-order valence-electron chi connectivity index (χ4n) is 2.26. The van der Waals surface area contributed by atoms with E-state index < -0.39 is 0 Å². The van der Waals surface area contributed by atoms with E-state index in [1.165, 1.54) is 0 Å². The molecule has 0 spiro atoms. The van der Waals surface area contributed by atoms with Gasteiger partial charge in [-0.2, -0.15) is 0 Å². The van der Waals surface area contributed by atoms with Gasteiger partial charge in [-0.1, -0.05) is 30.3 Å². The minimum Gasteiger partial charge on any atom is -0.315 e. The van der Waals surface area contributed by atoms with E-state index >= 15 is 0 Å². The van der Waals surface area contributed by atoms with Crippen LogP contribution >= 0.6 is 0 Å². The number of nitrogens with zero attached hydrogens (tertiary/aromatic N) is 1. The van der Waals surface area contributed by atoms with Gasteiger partial charge < -0.3 is 5.32 Å². The molecule has 2 rings (SSSR count). The van der Waals surface area contributed by atoms with Crippen LogP contribution in [0.1, 0.15) is 23.7 Å². The van der Waals surface area contributed by atoms with Gasteiger partial charge in [0.15, 0.2) is 5.78 Å². The summed E-state index contributed by atoms with van der Waals surface area (Å²) in [6, 6.07) is 9.56. The summed E-state index contributed by atoms with van der Waals surface area (Å²) in [5, 5.41) is 3.36. The van der Waals surface area contributed by atoms with E-state index in [2.05, 4.69) is 10.2 Å². The Kier molecular flexibility index (Phi) is 4.29. The minimum atomic E-state index is -0.0164. The first-order valence-corrected chi connectivity index (χ1v) is 6.33. The Bertz CT molecular complexity index is 356. The molecule has 1 aliphatic heterocycles. The van der Waals surface area contributed by atoms with Crippen LogP contribution in [0.3, 0.4) is 0 Å². The van der Waals surface area contributed by atoms with Crippen molar-refractivity contribution in [1.29, 1.82) is 0 Å². The molecule has 0 radical (unpaired) electrons. The molecule has 17 heavy (non-hydrogen) atoms. The van der Waals surface area contributed by atoms with Gasteiger partial charge in [0.2, 0.25) is 0 Å². The summed E-state index contributed by atoms with van der Waals surface area (Å²) in [5.74, 6) is 0.229. The van der Waals surface area contributed by atoms with Crippen molar-refractivity contribution in [1.82, 2.24) is 10.2 Å². The third kappa shape index (κ3) is 3.14. The number of ketones is 1. The number of rotatable bonds is 3. The van der Waals surface area contributed by atoms with Crippen LogP contribution < -0.4 is 5.32 Å². The summed E-state index contributed by atoms with van der Waals surface area (Å²) < 4.78 is 0. The fraction of sp³-hybridized carbons (Fsp3) is 0.500. The molecule has 0 aliphatic carbocycles. The second kappa shape index (κ2) is 5.94. The van der Waals surface area contributed by atoms with E-state index in [0.29, 0.717) is 0 Å². The van der Waals surface area contributed by atoms with Gasteiger partial charge in [0.05, 0.1) is 6.04 Å². The highest BCUT2D eigenvalue weighted by Crippen LogP contribution is 2.10. The molecule has 1 aliphatic rings. The number of carbonyl (C=O) groups is 1. The topological polar surface area (TPSA) is 32.3 Å². The zero-order chi connectivity index (χ0) is 12.1. The lowest BCUT2D eigenvalue weighted by molar-refractivity contribution is 0.0847. The van der Waals surface area contributed by atoms with Gasteiger partial charge in [0.1, 0.15) is 0 Å². The Morgan fingerprint density at radius 1 is 1.24 bits per heavy atom. The number of Topliss-reactive ketones (excluding diaryl/α,β-unsaturated/α-hetero) is 1. The van der Waals surface area contributed by atoms with E-state index in [1.54, 1.807) is 0 Å². The Hall–Kier alpha value is -1.19. The van der Waals surface area contributed by atoms with Crippen molar-refractivity contribution in [3.05, 3.63) is 35.9 Å². The first kappa shape index (κ1) is 12.3. The number of hydrogen-bond acceptors (Lipinski definition) is 3. The summed E-state index contributed by atoms with van der Waals surface area (Å²) in [5.41, 5.74) is 0.817. The summed E-state index contributed by atoms with van der Waals surface area (Å²) in [6.45, 7) is 6.02. The molecular weight excluding hydrogens is 212 g/mol. The third-order valence-corrected chi connectivity index (χ3v) is 3.36. The summed E-state index contributed by atoms with van der Waals surface area (Å²) in [6.07, 6.45) is 1.12. The molecule has 1 saturated heterocycles. The average Bonchev–Trinajstić information content (AvgIpc) is 2.67. The van der Waals surface area contributed by atoms with E-state index in [9.17, 15) is 4.79 Å². The molecule has 1 fully saturated rings. The largest absolute Gasteiger partial charge is 0.315 e. The van der Waals surface area contributed by atoms with E-state index in [1.807, 2.05) is 37.3 Å². The lowest BCUT2D eigenvalue weighted by Gasteiger charge is -2.26. The standard InChI is InChI=1S/C14H20N2O/c1-12(16-10-5-8-15-9-11-16)14(17)13-6-3-2-4-7-13/h2-4,6-7,12,15H,5,8-11H2,1H3. The number of carbonyl (C=O) groups excluding carboxylic acids is 1. The molecule has 1 aromatic rings. The van der Waals surface area contributed by atoms with Crippen LogP contribution in [0.2, 0.25) is 0 Å². The number of hydrogen-bond donors (Lipinski definition) is 1. The molecule has 0 aromatic heterocycles. The minimum absolute atomic E-state index is 0.0164. The molecule has 0 amide bonds. The zero-order valence-electron chi connectivity index (χ0n) is 10.4. The first-order chi connectivity index (χ1) is 8.29. The van der Waals surface area contributed by atoms with Crippen molar-refractivity contribution in [3.63, 3.8) is 0 Å². The van der Waals surface area contributed by atoms with Gasteiger partial charge in [0, 0.05) is 25.2 Å². The maximum absolute atomic E-state index is 12.3. The molecule has 92 valence electrons. The highest BCUT2D eigenvalue weighted by molar-refractivity contribution is 5.99. The normalized spacial score (nSPS) is 19.6. The zero-order valence-corrected chi connectivity index (χ0v) is 10.4. The molecule has 0 bridgehead atoms.